The monoisotopic (exact) mass is 301 g/mol. The molecule has 0 spiro atoms. The van der Waals surface area contributed by atoms with Crippen molar-refractivity contribution in [1.29, 1.82) is 0 Å². The van der Waals surface area contributed by atoms with Crippen LogP contribution in [0.15, 0.2) is 34.9 Å². The van der Waals surface area contributed by atoms with Crippen LogP contribution in [0, 0.1) is 13.8 Å². The quantitative estimate of drug-likeness (QED) is 0.916. The molecular formula is C16H19N3O3. The van der Waals surface area contributed by atoms with Crippen molar-refractivity contribution in [3.8, 4) is 0 Å². The van der Waals surface area contributed by atoms with Crippen molar-refractivity contribution in [2.24, 2.45) is 0 Å². The first-order valence-electron chi connectivity index (χ1n) is 7.00. The summed E-state index contributed by atoms with van der Waals surface area (Å²) in [4.78, 5) is 25.0. The number of carbonyl (C=O) groups is 2. The molecule has 22 heavy (non-hydrogen) atoms. The minimum absolute atomic E-state index is 0.0901. The van der Waals surface area contributed by atoms with E-state index in [1.54, 1.807) is 13.0 Å². The summed E-state index contributed by atoms with van der Waals surface area (Å²) in [6.45, 7) is 5.44. The largest absolute Gasteiger partial charge is 0.360 e. The van der Waals surface area contributed by atoms with Gasteiger partial charge < -0.3 is 9.84 Å². The first kappa shape index (κ1) is 15.8. The third kappa shape index (κ3) is 3.94. The fraction of sp³-hybridized carbons (Fsp3) is 0.312. The lowest BCUT2D eigenvalue weighted by atomic mass is 10.1. The molecule has 2 aromatic rings. The predicted molar refractivity (Wildman–Crippen MR) is 82.3 cm³/mol. The van der Waals surface area contributed by atoms with Gasteiger partial charge in [0, 0.05) is 19.5 Å². The van der Waals surface area contributed by atoms with E-state index in [0.29, 0.717) is 18.1 Å². The second-order valence-corrected chi connectivity index (χ2v) is 5.10. The Balaban J connectivity index is 1.97. The maximum absolute atomic E-state index is 12.1. The Morgan fingerprint density at radius 1 is 1.27 bits per heavy atom. The van der Waals surface area contributed by atoms with Gasteiger partial charge in [0.25, 0.3) is 0 Å². The molecule has 1 heterocycles. The normalized spacial score (nSPS) is 10.3. The van der Waals surface area contributed by atoms with Crippen molar-refractivity contribution in [2.45, 2.75) is 27.3 Å². The second-order valence-electron chi connectivity index (χ2n) is 5.10. The maximum Gasteiger partial charge on any atom is 0.240 e. The van der Waals surface area contributed by atoms with Gasteiger partial charge in [-0.3, -0.25) is 14.5 Å². The smallest absolute Gasteiger partial charge is 0.240 e. The van der Waals surface area contributed by atoms with Crippen LogP contribution in [0.25, 0.3) is 0 Å². The van der Waals surface area contributed by atoms with Gasteiger partial charge in [0.1, 0.15) is 12.3 Å². The molecule has 0 saturated heterocycles. The molecule has 6 nitrogen and oxygen atoms in total. The van der Waals surface area contributed by atoms with E-state index in [1.807, 2.05) is 31.2 Å². The summed E-state index contributed by atoms with van der Waals surface area (Å²) < 4.78 is 4.95. The van der Waals surface area contributed by atoms with Crippen LogP contribution in [-0.2, 0) is 16.1 Å². The molecular weight excluding hydrogens is 282 g/mol. The molecule has 0 aliphatic rings. The lowest BCUT2D eigenvalue weighted by Crippen LogP contribution is -2.39. The highest BCUT2D eigenvalue weighted by Gasteiger charge is 2.18. The summed E-state index contributed by atoms with van der Waals surface area (Å²) in [5.74, 6) is 0.413. The van der Waals surface area contributed by atoms with Crippen LogP contribution in [0.3, 0.4) is 0 Å². The number of carbonyl (C=O) groups excluding carboxylic acids is 2. The van der Waals surface area contributed by atoms with Crippen LogP contribution < -0.4 is 10.2 Å². The van der Waals surface area contributed by atoms with E-state index in [1.165, 1.54) is 11.8 Å². The predicted octanol–water partition coefficient (Wildman–Crippen LogP) is 1.96. The molecule has 0 bridgehead atoms. The summed E-state index contributed by atoms with van der Waals surface area (Å²) in [7, 11) is 0. The van der Waals surface area contributed by atoms with Crippen LogP contribution in [0.1, 0.15) is 23.8 Å². The molecule has 6 heteroatoms. The summed E-state index contributed by atoms with van der Waals surface area (Å²) in [5.41, 5.74) is 2.15. The number of aromatic nitrogens is 1. The molecule has 0 aliphatic heterocycles. The van der Waals surface area contributed by atoms with E-state index in [2.05, 4.69) is 10.5 Å². The van der Waals surface area contributed by atoms with Crippen LogP contribution >= 0.6 is 0 Å². The molecule has 0 aliphatic carbocycles. The minimum Gasteiger partial charge on any atom is -0.360 e. The highest BCUT2D eigenvalue weighted by atomic mass is 16.5. The fourth-order valence-corrected chi connectivity index (χ4v) is 2.04. The van der Waals surface area contributed by atoms with Crippen LogP contribution in [0.5, 0.6) is 0 Å². The van der Waals surface area contributed by atoms with E-state index < -0.39 is 0 Å². The number of nitrogens with one attached hydrogen (secondary N) is 1. The molecule has 1 aromatic carbocycles. The Morgan fingerprint density at radius 2 is 2.00 bits per heavy atom. The number of anilines is 1. The average molecular weight is 301 g/mol. The number of hydrogen-bond donors (Lipinski definition) is 1. The zero-order valence-electron chi connectivity index (χ0n) is 12.9. The van der Waals surface area contributed by atoms with E-state index in [9.17, 15) is 9.59 Å². The molecule has 2 amide bonds. The third-order valence-corrected chi connectivity index (χ3v) is 3.31. The lowest BCUT2D eigenvalue weighted by molar-refractivity contribution is -0.123. The average Bonchev–Trinajstić information content (AvgIpc) is 2.90. The van der Waals surface area contributed by atoms with Gasteiger partial charge in [0.2, 0.25) is 11.8 Å². The molecule has 0 atom stereocenters. The van der Waals surface area contributed by atoms with E-state index >= 15 is 0 Å². The topological polar surface area (TPSA) is 75.4 Å². The van der Waals surface area contributed by atoms with E-state index in [0.717, 1.165) is 11.1 Å². The Hall–Kier alpha value is -2.63. The van der Waals surface area contributed by atoms with Gasteiger partial charge in [-0.1, -0.05) is 29.4 Å². The van der Waals surface area contributed by atoms with Gasteiger partial charge in [-0.05, 0) is 25.0 Å². The van der Waals surface area contributed by atoms with Gasteiger partial charge in [-0.25, -0.2) is 0 Å². The van der Waals surface area contributed by atoms with Crippen molar-refractivity contribution in [3.63, 3.8) is 0 Å². The van der Waals surface area contributed by atoms with E-state index in [-0.39, 0.29) is 18.4 Å². The molecule has 2 rings (SSSR count). The summed E-state index contributed by atoms with van der Waals surface area (Å²) in [6, 6.07) is 9.44. The number of nitrogens with zero attached hydrogens (tertiary/aromatic N) is 2. The maximum atomic E-state index is 12.1. The number of benzene rings is 1. The van der Waals surface area contributed by atoms with Crippen molar-refractivity contribution in [2.75, 3.05) is 11.4 Å². The molecule has 0 saturated carbocycles. The Kier molecular flexibility index (Phi) is 4.93. The zero-order valence-corrected chi connectivity index (χ0v) is 12.9. The van der Waals surface area contributed by atoms with Gasteiger partial charge in [0.15, 0.2) is 5.82 Å². The third-order valence-electron chi connectivity index (χ3n) is 3.31. The SMILES string of the molecule is CC(=O)N(CC(=O)NCc1ccccc1C)c1cc(C)on1. The molecule has 0 fully saturated rings. The zero-order chi connectivity index (χ0) is 16.1. The van der Waals surface area contributed by atoms with Gasteiger partial charge in [-0.2, -0.15) is 0 Å². The lowest BCUT2D eigenvalue weighted by Gasteiger charge is -2.17. The Morgan fingerprint density at radius 3 is 2.59 bits per heavy atom. The Bertz CT molecular complexity index is 679. The number of rotatable bonds is 5. The number of amides is 2. The summed E-state index contributed by atoms with van der Waals surface area (Å²) >= 11 is 0. The molecule has 1 aromatic heterocycles. The van der Waals surface area contributed by atoms with Crippen LogP contribution in [0.2, 0.25) is 0 Å². The number of aryl methyl sites for hydroxylation is 2. The van der Waals surface area contributed by atoms with Gasteiger partial charge >= 0.3 is 0 Å². The van der Waals surface area contributed by atoms with E-state index in [4.69, 9.17) is 4.52 Å². The van der Waals surface area contributed by atoms with Crippen molar-refractivity contribution >= 4 is 17.6 Å². The molecule has 0 unspecified atom stereocenters. The minimum atomic E-state index is -0.264. The highest BCUT2D eigenvalue weighted by Crippen LogP contribution is 2.13. The second kappa shape index (κ2) is 6.89. The standard InChI is InChI=1S/C16H19N3O3/c1-11-6-4-5-7-14(11)9-17-16(21)10-19(13(3)20)15-8-12(2)22-18-15/h4-8H,9-10H2,1-3H3,(H,17,21). The van der Waals surface area contributed by atoms with Gasteiger partial charge in [-0.15, -0.1) is 0 Å². The molecule has 0 radical (unpaired) electrons. The fourth-order valence-electron chi connectivity index (χ4n) is 2.04. The molecule has 116 valence electrons. The first-order valence-corrected chi connectivity index (χ1v) is 7.00. The molecule has 1 N–H and O–H groups in total. The van der Waals surface area contributed by atoms with Crippen molar-refractivity contribution < 1.29 is 14.1 Å². The number of hydrogen-bond acceptors (Lipinski definition) is 4. The summed E-state index contributed by atoms with van der Waals surface area (Å²) in [6.07, 6.45) is 0. The summed E-state index contributed by atoms with van der Waals surface area (Å²) in [5, 5.41) is 6.58. The Labute approximate surface area is 129 Å². The van der Waals surface area contributed by atoms with Crippen LogP contribution in [-0.4, -0.2) is 23.5 Å². The van der Waals surface area contributed by atoms with Gasteiger partial charge in [0.05, 0.1) is 0 Å². The van der Waals surface area contributed by atoms with Crippen molar-refractivity contribution in [1.82, 2.24) is 10.5 Å². The first-order chi connectivity index (χ1) is 10.5. The van der Waals surface area contributed by atoms with Crippen molar-refractivity contribution in [3.05, 3.63) is 47.2 Å². The van der Waals surface area contributed by atoms with Crippen LogP contribution in [0.4, 0.5) is 5.82 Å². The highest BCUT2D eigenvalue weighted by molar-refractivity contribution is 5.96.